The van der Waals surface area contributed by atoms with E-state index in [-0.39, 0.29) is 32.2 Å². The largest absolute Gasteiger partial charge is 0.477 e. The van der Waals surface area contributed by atoms with Gasteiger partial charge >= 0.3 is 17.9 Å². The molecule has 0 aromatic heterocycles. The topological polar surface area (TPSA) is 108 Å². The predicted molar refractivity (Wildman–Crippen MR) is 446 cm³/mol. The molecule has 9 heteroatoms. The van der Waals surface area contributed by atoms with Crippen LogP contribution < -0.4 is 0 Å². The number of quaternary nitrogens is 1. The van der Waals surface area contributed by atoms with Crippen LogP contribution in [0.4, 0.5) is 0 Å². The van der Waals surface area contributed by atoms with E-state index in [0.717, 1.165) is 154 Å². The predicted octanol–water partition coefficient (Wildman–Crippen LogP) is 27.0. The van der Waals surface area contributed by atoms with Crippen LogP contribution in [0.1, 0.15) is 309 Å². The maximum atomic E-state index is 13.0. The van der Waals surface area contributed by atoms with Crippen LogP contribution in [0.25, 0.3) is 0 Å². The first-order valence-corrected chi connectivity index (χ1v) is 41.2. The fraction of sp³-hybridized carbons (Fsp3) is 0.606. The molecule has 0 heterocycles. The van der Waals surface area contributed by atoms with Crippen molar-refractivity contribution in [3.05, 3.63) is 207 Å². The molecule has 0 saturated heterocycles. The molecule has 2 unspecified atom stereocenters. The van der Waals surface area contributed by atoms with Crippen LogP contribution in [0.3, 0.4) is 0 Å². The van der Waals surface area contributed by atoms with Gasteiger partial charge in [-0.3, -0.25) is 9.59 Å². The van der Waals surface area contributed by atoms with E-state index in [1.54, 1.807) is 0 Å². The Bertz CT molecular complexity index is 2460. The molecule has 580 valence electrons. The van der Waals surface area contributed by atoms with Crippen molar-refractivity contribution in [2.45, 2.75) is 322 Å². The summed E-state index contributed by atoms with van der Waals surface area (Å²) in [6, 6.07) is 0. The lowest BCUT2D eigenvalue weighted by atomic mass is 10.0. The molecule has 0 aromatic rings. The Balaban J connectivity index is 4.10. The first-order valence-electron chi connectivity index (χ1n) is 41.2. The maximum absolute atomic E-state index is 13.0. The molecular formula is C94H152NO8+. The average Bonchev–Trinajstić information content (AvgIpc) is 0.985. The monoisotopic (exact) mass is 1420 g/mol. The Morgan fingerprint density at radius 3 is 0.777 bits per heavy atom. The zero-order valence-corrected chi connectivity index (χ0v) is 66.4. The number of nitrogens with zero attached hydrogens (tertiary/aromatic N) is 1. The van der Waals surface area contributed by atoms with Gasteiger partial charge in [0, 0.05) is 12.8 Å². The molecule has 0 spiro atoms. The number of allylic oxidation sites excluding steroid dienone is 34. The number of esters is 2. The van der Waals surface area contributed by atoms with Gasteiger partial charge in [-0.1, -0.05) is 355 Å². The minimum atomic E-state index is -1.52. The summed E-state index contributed by atoms with van der Waals surface area (Å²) < 4.78 is 23.0. The van der Waals surface area contributed by atoms with Gasteiger partial charge in [-0.25, -0.2) is 4.79 Å². The molecule has 0 aliphatic carbocycles. The zero-order valence-electron chi connectivity index (χ0n) is 66.4. The normalized spacial score (nSPS) is 13.8. The standard InChI is InChI=1S/C94H151NO8/c1-6-8-10-12-14-16-18-20-22-24-26-28-30-32-34-36-38-40-42-44-46-48-50-52-54-56-58-60-62-64-66-68-70-72-74-76-78-80-82-84-91(96)101-88-90(89-102-94(93(98)99)100-87-86-95(3,4)5)103-92(97)85-83-81-79-77-75-73-71-69-67-65-63-61-59-57-55-53-51-49-47-45-43-41-39-37-35-33-31-29-27-25-23-21-19-17-15-13-11-9-7-2/h8-11,14-17,20-23,26-29,32-35,38-41,44-47,50-53,57,59,90,94H,6-7,12-13,18-19,24-25,30-31,36-37,42-43,48-49,54-56,58,60-89H2,1-5H3/p+1/b10-8-,11-9-,16-14-,17-15-,22-20-,23-21-,28-26-,29-27-,34-32-,35-33-,40-38-,41-39-,46-44-,47-45-,52-50-,53-51-,59-57-. The molecule has 0 radical (unpaired) electrons. The summed E-state index contributed by atoms with van der Waals surface area (Å²) in [5, 5.41) is 9.78. The fourth-order valence-corrected chi connectivity index (χ4v) is 10.8. The Morgan fingerprint density at radius 2 is 0.524 bits per heavy atom. The first-order chi connectivity index (χ1) is 50.6. The van der Waals surface area contributed by atoms with Gasteiger partial charge in [0.1, 0.15) is 13.2 Å². The van der Waals surface area contributed by atoms with E-state index >= 15 is 0 Å². The third kappa shape index (κ3) is 83.0. The molecule has 0 aromatic carbocycles. The third-order valence-corrected chi connectivity index (χ3v) is 17.0. The van der Waals surface area contributed by atoms with Crippen molar-refractivity contribution < 1.29 is 42.9 Å². The SMILES string of the molecule is CC/C=C\C/C=C\C/C=C\C/C=C\C/C=C\C/C=C\C/C=C\C/C=C\C/C=C\CCCCCCCCCCCCCC(=O)OC(COC(=O)CCCCCCCCCCCCCCCC/C=C\C/C=C\C/C=C\C/C=C\C/C=C\C/C=C\C/C=C\C/C=C\CC)COC(OCC[N+](C)(C)C)C(=O)O. The number of hydrogen-bond donors (Lipinski definition) is 1. The lowest BCUT2D eigenvalue weighted by Gasteiger charge is -2.25. The number of carbonyl (C=O) groups excluding carboxylic acids is 2. The molecule has 1 N–H and O–H groups in total. The van der Waals surface area contributed by atoms with E-state index < -0.39 is 24.3 Å². The van der Waals surface area contributed by atoms with Crippen LogP contribution >= 0.6 is 0 Å². The molecule has 103 heavy (non-hydrogen) atoms. The Morgan fingerprint density at radius 1 is 0.291 bits per heavy atom. The lowest BCUT2D eigenvalue weighted by molar-refractivity contribution is -0.870. The maximum Gasteiger partial charge on any atom is 0.361 e. The number of carboxylic acids is 1. The zero-order chi connectivity index (χ0) is 74.6. The van der Waals surface area contributed by atoms with Crippen molar-refractivity contribution in [2.24, 2.45) is 0 Å². The van der Waals surface area contributed by atoms with Crippen molar-refractivity contribution in [3.63, 3.8) is 0 Å². The van der Waals surface area contributed by atoms with Crippen LogP contribution in [-0.4, -0.2) is 87.4 Å². The number of likely N-dealkylation sites (N-methyl/N-ethyl adjacent to an activating group) is 1. The lowest BCUT2D eigenvalue weighted by Crippen LogP contribution is -2.40. The molecule has 2 atom stereocenters. The number of ether oxygens (including phenoxy) is 4. The van der Waals surface area contributed by atoms with Crippen molar-refractivity contribution >= 4 is 17.9 Å². The highest BCUT2D eigenvalue weighted by molar-refractivity contribution is 5.71. The molecule has 0 rings (SSSR count). The number of rotatable bonds is 74. The van der Waals surface area contributed by atoms with Gasteiger partial charge in [-0.2, -0.15) is 0 Å². The van der Waals surface area contributed by atoms with Crippen LogP contribution in [0.15, 0.2) is 207 Å². The molecule has 0 amide bonds. The van der Waals surface area contributed by atoms with Gasteiger partial charge in [0.25, 0.3) is 6.29 Å². The molecule has 9 nitrogen and oxygen atoms in total. The third-order valence-electron chi connectivity index (χ3n) is 17.0. The summed E-state index contributed by atoms with van der Waals surface area (Å²) in [5.41, 5.74) is 0. The van der Waals surface area contributed by atoms with E-state index in [1.807, 2.05) is 21.1 Å². The second kappa shape index (κ2) is 81.5. The van der Waals surface area contributed by atoms with E-state index in [2.05, 4.69) is 220 Å². The highest BCUT2D eigenvalue weighted by atomic mass is 16.7. The highest BCUT2D eigenvalue weighted by Gasteiger charge is 2.25. The van der Waals surface area contributed by atoms with Crippen molar-refractivity contribution in [1.82, 2.24) is 0 Å². The first kappa shape index (κ1) is 96.9. The molecule has 0 saturated carbocycles. The summed E-state index contributed by atoms with van der Waals surface area (Å²) >= 11 is 0. The van der Waals surface area contributed by atoms with E-state index in [1.165, 1.54) is 122 Å². The minimum absolute atomic E-state index is 0.179. The Kier molecular flexibility index (Phi) is 76.7. The molecule has 0 fully saturated rings. The van der Waals surface area contributed by atoms with Crippen LogP contribution in [0.2, 0.25) is 0 Å². The van der Waals surface area contributed by atoms with E-state index in [4.69, 9.17) is 18.9 Å². The van der Waals surface area contributed by atoms with Gasteiger partial charge in [0.05, 0.1) is 34.4 Å². The summed E-state index contributed by atoms with van der Waals surface area (Å²) in [7, 11) is 5.97. The molecule has 0 aliphatic rings. The fourth-order valence-electron chi connectivity index (χ4n) is 10.8. The number of hydrogen-bond acceptors (Lipinski definition) is 7. The van der Waals surface area contributed by atoms with E-state index in [0.29, 0.717) is 23.9 Å². The van der Waals surface area contributed by atoms with E-state index in [9.17, 15) is 19.5 Å². The number of aliphatic carboxylic acids is 1. The summed E-state index contributed by atoms with van der Waals surface area (Å²) in [6.07, 6.45) is 124. The summed E-state index contributed by atoms with van der Waals surface area (Å²) in [5.74, 6) is -2.02. The summed E-state index contributed by atoms with van der Waals surface area (Å²) in [6.45, 7) is 4.64. The minimum Gasteiger partial charge on any atom is -0.477 e. The smallest absolute Gasteiger partial charge is 0.361 e. The molecule has 0 aliphatic heterocycles. The Labute approximate surface area is 633 Å². The van der Waals surface area contributed by atoms with Gasteiger partial charge in [-0.15, -0.1) is 0 Å². The van der Waals surface area contributed by atoms with Crippen molar-refractivity contribution in [3.8, 4) is 0 Å². The molecular weight excluding hydrogens is 1270 g/mol. The van der Waals surface area contributed by atoms with Crippen LogP contribution in [0.5, 0.6) is 0 Å². The Hall–Kier alpha value is -6.13. The van der Waals surface area contributed by atoms with Crippen LogP contribution in [0, 0.1) is 0 Å². The van der Waals surface area contributed by atoms with Gasteiger partial charge in [-0.05, 0) is 148 Å². The van der Waals surface area contributed by atoms with Gasteiger partial charge < -0.3 is 28.5 Å². The average molecular weight is 1420 g/mol. The van der Waals surface area contributed by atoms with Gasteiger partial charge in [0.2, 0.25) is 0 Å². The second-order valence-corrected chi connectivity index (χ2v) is 28.0. The van der Waals surface area contributed by atoms with Gasteiger partial charge in [0.15, 0.2) is 6.10 Å². The second-order valence-electron chi connectivity index (χ2n) is 28.0. The van der Waals surface area contributed by atoms with Crippen molar-refractivity contribution in [1.29, 1.82) is 0 Å². The number of unbranched alkanes of at least 4 members (excludes halogenated alkanes) is 25. The highest BCUT2D eigenvalue weighted by Crippen LogP contribution is 2.17. The quantitative estimate of drug-likeness (QED) is 0.0211. The summed E-state index contributed by atoms with van der Waals surface area (Å²) in [4.78, 5) is 37.8. The number of carboxylic acid groups (broad SMARTS) is 1. The van der Waals surface area contributed by atoms with Crippen LogP contribution in [-0.2, 0) is 33.3 Å². The molecule has 0 bridgehead atoms. The number of carbonyl (C=O) groups is 3. The van der Waals surface area contributed by atoms with Crippen molar-refractivity contribution in [2.75, 3.05) is 47.5 Å².